The number of rotatable bonds is 3. The maximum atomic E-state index is 11.5. The van der Waals surface area contributed by atoms with E-state index in [4.69, 9.17) is 14.9 Å². The number of aryl methyl sites for hydroxylation is 1. The van der Waals surface area contributed by atoms with Gasteiger partial charge >= 0.3 is 5.97 Å². The van der Waals surface area contributed by atoms with Crippen molar-refractivity contribution in [3.05, 3.63) is 23.2 Å². The Morgan fingerprint density at radius 2 is 2.37 bits per heavy atom. The van der Waals surface area contributed by atoms with Gasteiger partial charge in [0, 0.05) is 12.6 Å². The summed E-state index contributed by atoms with van der Waals surface area (Å²) in [5.74, 6) is 1.62. The largest absolute Gasteiger partial charge is 0.465 e. The summed E-state index contributed by atoms with van der Waals surface area (Å²) in [7, 11) is 1.37. The molecule has 2 atom stereocenters. The molecule has 0 spiro atoms. The van der Waals surface area contributed by atoms with Crippen molar-refractivity contribution in [1.29, 1.82) is 0 Å². The van der Waals surface area contributed by atoms with Crippen LogP contribution in [-0.4, -0.2) is 37.1 Å². The minimum absolute atomic E-state index is 0.213. The SMILES string of the molecule is COC(=O)c1cc(CN2CCC(C)C(N)C2)oc1C. The molecule has 0 aliphatic carbocycles. The normalized spacial score (nSPS) is 24.4. The zero-order valence-electron chi connectivity index (χ0n) is 11.8. The molecule has 0 saturated carbocycles. The van der Waals surface area contributed by atoms with Crippen molar-refractivity contribution in [1.82, 2.24) is 4.90 Å². The Labute approximate surface area is 113 Å². The lowest BCUT2D eigenvalue weighted by Gasteiger charge is -2.34. The highest BCUT2D eigenvalue weighted by atomic mass is 16.5. The van der Waals surface area contributed by atoms with E-state index >= 15 is 0 Å². The highest BCUT2D eigenvalue weighted by Crippen LogP contribution is 2.21. The number of hydrogen-bond acceptors (Lipinski definition) is 5. The van der Waals surface area contributed by atoms with E-state index in [1.165, 1.54) is 7.11 Å². The third-order valence-corrected chi connectivity index (χ3v) is 3.85. The first-order valence-electron chi connectivity index (χ1n) is 6.66. The molecule has 5 nitrogen and oxygen atoms in total. The number of ether oxygens (including phenoxy) is 1. The van der Waals surface area contributed by atoms with Crippen LogP contribution in [0.4, 0.5) is 0 Å². The van der Waals surface area contributed by atoms with Gasteiger partial charge in [0.25, 0.3) is 0 Å². The minimum atomic E-state index is -0.350. The number of nitrogens with two attached hydrogens (primary N) is 1. The number of esters is 1. The fourth-order valence-corrected chi connectivity index (χ4v) is 2.47. The van der Waals surface area contributed by atoms with Crippen LogP contribution in [0.15, 0.2) is 10.5 Å². The lowest BCUT2D eigenvalue weighted by Crippen LogP contribution is -2.47. The summed E-state index contributed by atoms with van der Waals surface area (Å²) in [4.78, 5) is 13.8. The van der Waals surface area contributed by atoms with E-state index in [2.05, 4.69) is 11.8 Å². The molecule has 1 fully saturated rings. The number of hydrogen-bond donors (Lipinski definition) is 1. The molecule has 1 aromatic rings. The van der Waals surface area contributed by atoms with Gasteiger partial charge in [-0.1, -0.05) is 6.92 Å². The molecule has 2 heterocycles. The summed E-state index contributed by atoms with van der Waals surface area (Å²) in [6.45, 7) is 6.54. The third-order valence-electron chi connectivity index (χ3n) is 3.85. The van der Waals surface area contributed by atoms with E-state index in [1.54, 1.807) is 13.0 Å². The number of carbonyl (C=O) groups is 1. The van der Waals surface area contributed by atoms with Crippen LogP contribution in [0.3, 0.4) is 0 Å². The van der Waals surface area contributed by atoms with Gasteiger partial charge in [0.2, 0.25) is 0 Å². The van der Waals surface area contributed by atoms with Crippen LogP contribution < -0.4 is 5.73 Å². The molecule has 1 saturated heterocycles. The molecule has 0 aromatic carbocycles. The van der Waals surface area contributed by atoms with Crippen molar-refractivity contribution in [2.24, 2.45) is 11.7 Å². The van der Waals surface area contributed by atoms with E-state index in [0.717, 1.165) is 25.3 Å². The van der Waals surface area contributed by atoms with Gasteiger partial charge < -0.3 is 14.9 Å². The van der Waals surface area contributed by atoms with E-state index in [-0.39, 0.29) is 12.0 Å². The molecule has 106 valence electrons. The second kappa shape index (κ2) is 5.75. The van der Waals surface area contributed by atoms with Gasteiger partial charge in [-0.15, -0.1) is 0 Å². The van der Waals surface area contributed by atoms with Crippen molar-refractivity contribution in [2.45, 2.75) is 32.9 Å². The fourth-order valence-electron chi connectivity index (χ4n) is 2.47. The van der Waals surface area contributed by atoms with E-state index in [9.17, 15) is 4.79 Å². The number of piperidine rings is 1. The molecule has 2 N–H and O–H groups in total. The Bertz CT molecular complexity index is 456. The Balaban J connectivity index is 2.02. The van der Waals surface area contributed by atoms with Crippen LogP contribution in [0.2, 0.25) is 0 Å². The Morgan fingerprint density at radius 1 is 1.63 bits per heavy atom. The predicted octanol–water partition coefficient (Wildman–Crippen LogP) is 1.54. The highest BCUT2D eigenvalue weighted by Gasteiger charge is 2.24. The van der Waals surface area contributed by atoms with E-state index in [1.807, 2.05) is 0 Å². The second-order valence-corrected chi connectivity index (χ2v) is 5.34. The molecule has 0 radical (unpaired) electrons. The van der Waals surface area contributed by atoms with Gasteiger partial charge in [0.1, 0.15) is 17.1 Å². The minimum Gasteiger partial charge on any atom is -0.465 e. The predicted molar refractivity (Wildman–Crippen MR) is 71.8 cm³/mol. The first kappa shape index (κ1) is 14.1. The maximum absolute atomic E-state index is 11.5. The van der Waals surface area contributed by atoms with Crippen molar-refractivity contribution < 1.29 is 13.9 Å². The Hall–Kier alpha value is -1.33. The summed E-state index contributed by atoms with van der Waals surface area (Å²) in [5, 5.41) is 0. The van der Waals surface area contributed by atoms with Crippen LogP contribution in [0, 0.1) is 12.8 Å². The second-order valence-electron chi connectivity index (χ2n) is 5.34. The summed E-state index contributed by atoms with van der Waals surface area (Å²) in [5.41, 5.74) is 6.59. The van der Waals surface area contributed by atoms with Gasteiger partial charge in [-0.2, -0.15) is 0 Å². The molecule has 2 rings (SSSR count). The zero-order valence-corrected chi connectivity index (χ0v) is 11.8. The zero-order chi connectivity index (χ0) is 14.0. The molecule has 5 heteroatoms. The standard InChI is InChI=1S/C14H22N2O3/c1-9-4-5-16(8-13(9)15)7-11-6-12(10(2)19-11)14(17)18-3/h6,9,13H,4-5,7-8,15H2,1-3H3. The van der Waals surface area contributed by atoms with Gasteiger partial charge in [-0.3, -0.25) is 4.90 Å². The monoisotopic (exact) mass is 266 g/mol. The first-order valence-corrected chi connectivity index (χ1v) is 6.66. The summed E-state index contributed by atoms with van der Waals surface area (Å²) in [6.07, 6.45) is 1.10. The van der Waals surface area contributed by atoms with Crippen LogP contribution in [-0.2, 0) is 11.3 Å². The summed E-state index contributed by atoms with van der Waals surface area (Å²) in [6, 6.07) is 1.98. The molecule has 0 bridgehead atoms. The highest BCUT2D eigenvalue weighted by molar-refractivity contribution is 5.90. The number of furan rings is 1. The van der Waals surface area contributed by atoms with Crippen LogP contribution in [0.25, 0.3) is 0 Å². The molecule has 1 aromatic heterocycles. The van der Waals surface area contributed by atoms with Crippen LogP contribution in [0.1, 0.15) is 35.2 Å². The lowest BCUT2D eigenvalue weighted by molar-refractivity contribution is 0.0599. The van der Waals surface area contributed by atoms with Crippen molar-refractivity contribution in [2.75, 3.05) is 20.2 Å². The average Bonchev–Trinajstić information content (AvgIpc) is 2.74. The van der Waals surface area contributed by atoms with Crippen molar-refractivity contribution in [3.63, 3.8) is 0 Å². The number of methoxy groups -OCH3 is 1. The quantitative estimate of drug-likeness (QED) is 0.841. The Morgan fingerprint density at radius 3 is 3.00 bits per heavy atom. The molecule has 1 aliphatic rings. The smallest absolute Gasteiger partial charge is 0.341 e. The molecule has 0 amide bonds. The van der Waals surface area contributed by atoms with Crippen LogP contribution in [0.5, 0.6) is 0 Å². The molecular formula is C14H22N2O3. The molecule has 2 unspecified atom stereocenters. The van der Waals surface area contributed by atoms with Gasteiger partial charge in [-0.25, -0.2) is 4.79 Å². The molecule has 19 heavy (non-hydrogen) atoms. The summed E-state index contributed by atoms with van der Waals surface area (Å²) < 4.78 is 10.3. The van der Waals surface area contributed by atoms with E-state index < -0.39 is 0 Å². The lowest BCUT2D eigenvalue weighted by atomic mass is 9.94. The van der Waals surface area contributed by atoms with E-state index in [0.29, 0.717) is 23.8 Å². The Kier molecular flexibility index (Phi) is 4.27. The first-order chi connectivity index (χ1) is 9.01. The third kappa shape index (κ3) is 3.16. The van der Waals surface area contributed by atoms with Gasteiger partial charge in [0.15, 0.2) is 0 Å². The van der Waals surface area contributed by atoms with Crippen molar-refractivity contribution >= 4 is 5.97 Å². The number of carbonyl (C=O) groups excluding carboxylic acids is 1. The topological polar surface area (TPSA) is 68.7 Å². The van der Waals surface area contributed by atoms with Crippen molar-refractivity contribution in [3.8, 4) is 0 Å². The molecule has 1 aliphatic heterocycles. The number of nitrogens with zero attached hydrogens (tertiary/aromatic N) is 1. The van der Waals surface area contributed by atoms with Gasteiger partial charge in [-0.05, 0) is 31.9 Å². The molecular weight excluding hydrogens is 244 g/mol. The van der Waals surface area contributed by atoms with Gasteiger partial charge in [0.05, 0.1) is 13.7 Å². The average molecular weight is 266 g/mol. The van der Waals surface area contributed by atoms with Crippen LogP contribution >= 0.6 is 0 Å². The summed E-state index contributed by atoms with van der Waals surface area (Å²) >= 11 is 0. The number of likely N-dealkylation sites (tertiary alicyclic amines) is 1. The fraction of sp³-hybridized carbons (Fsp3) is 0.643. The maximum Gasteiger partial charge on any atom is 0.341 e.